The molecule has 0 aromatic carbocycles. The van der Waals surface area contributed by atoms with Crippen molar-refractivity contribution in [1.29, 1.82) is 0 Å². The van der Waals surface area contributed by atoms with Crippen LogP contribution in [0.15, 0.2) is 0 Å². The Bertz CT molecular complexity index is 8.00. The van der Waals surface area contributed by atoms with Gasteiger partial charge in [-0.1, -0.05) is 0 Å². The predicted octanol–water partition coefficient (Wildman–Crippen LogP) is -2.06. The van der Waals surface area contributed by atoms with Crippen LogP contribution >= 0.6 is 10.0 Å². The van der Waals surface area contributed by atoms with E-state index in [1.54, 1.807) is 0 Å². The zero-order chi connectivity index (χ0) is 2.00. The molecule has 0 rings (SSSR count). The molecule has 0 unspecified atom stereocenters. The first-order valence-corrected chi connectivity index (χ1v) is 3.40. The molecule has 0 heterocycles. The minimum atomic E-state index is 0. The van der Waals surface area contributed by atoms with Gasteiger partial charge < -0.3 is 0 Å². The molecule has 4 heteroatoms. The van der Waals surface area contributed by atoms with Crippen molar-refractivity contribution >= 4 is 52.7 Å². The van der Waals surface area contributed by atoms with E-state index in [0.29, 0.717) is 0 Å². The molecule has 4 heavy (non-hydrogen) atoms. The van der Waals surface area contributed by atoms with Crippen molar-refractivity contribution in [2.24, 2.45) is 0 Å². The summed E-state index contributed by atoms with van der Waals surface area (Å²) in [5.74, 6) is 0. The van der Waals surface area contributed by atoms with Crippen LogP contribution in [0.5, 0.6) is 0 Å². The summed E-state index contributed by atoms with van der Waals surface area (Å²) < 4.78 is 0. The van der Waals surface area contributed by atoms with Gasteiger partial charge >= 0.3 is 34.2 Å². The Balaban J connectivity index is -0.00000000500. The third kappa shape index (κ3) is 9.76. The Morgan fingerprint density at radius 1 is 1.25 bits per heavy atom. The van der Waals surface area contributed by atoms with Gasteiger partial charge in [0.05, 0.1) is 8.41 Å². The van der Waals surface area contributed by atoms with Crippen LogP contribution in [0.4, 0.5) is 0 Å². The van der Waals surface area contributed by atoms with Crippen molar-refractivity contribution in [3.8, 4) is 0 Å². The summed E-state index contributed by atoms with van der Waals surface area (Å²) in [6.07, 6.45) is 0. The second kappa shape index (κ2) is 24.7. The number of hydrogen-bond acceptors (Lipinski definition) is 0. The standard InChI is InChI=1S/Al.BH3.ClH.Li.3H/h;1H3;1H;;;;/q+1;;;;;;/p-1. The Hall–Kier alpha value is 1.48. The summed E-state index contributed by atoms with van der Waals surface area (Å²) >= 11 is 0.778. The van der Waals surface area contributed by atoms with Crippen molar-refractivity contribution in [2.45, 2.75) is 0 Å². The molecule has 0 atom stereocenters. The summed E-state index contributed by atoms with van der Waals surface area (Å²) in [6, 6.07) is 0. The molecule has 0 saturated heterocycles. The molecule has 0 bridgehead atoms. The van der Waals surface area contributed by atoms with Gasteiger partial charge in [-0.3, -0.25) is 10.0 Å². The van der Waals surface area contributed by atoms with E-state index < -0.39 is 0 Å². The predicted molar refractivity (Wildman–Crippen MR) is 31.5 cm³/mol. The van der Waals surface area contributed by atoms with E-state index in [-0.39, 0.29) is 27.3 Å². The summed E-state index contributed by atoms with van der Waals surface area (Å²) in [6.45, 7) is 0. The molecule has 0 aliphatic rings. The fourth-order valence-electron chi connectivity index (χ4n) is 0. The van der Waals surface area contributed by atoms with Gasteiger partial charge in [-0.05, 0) is 0 Å². The molecule has 0 nitrogen and oxygen atoms in total. The van der Waals surface area contributed by atoms with E-state index in [2.05, 4.69) is 0 Å². The van der Waals surface area contributed by atoms with Gasteiger partial charge in [0.25, 0.3) is 0 Å². The zero-order valence-corrected chi connectivity index (χ0v) is 4.13. The molecule has 0 amide bonds. The van der Waals surface area contributed by atoms with E-state index >= 15 is 0 Å². The van der Waals surface area contributed by atoms with Crippen LogP contribution in [0.2, 0.25) is 0 Å². The van der Waals surface area contributed by atoms with E-state index in [9.17, 15) is 0 Å². The molecular formula is H6AlBClLi. The van der Waals surface area contributed by atoms with Crippen LogP contribution in [0.1, 0.15) is 0 Å². The Kier molecular flexibility index (Phi) is 110. The van der Waals surface area contributed by atoms with Crippen LogP contribution in [0.3, 0.4) is 0 Å². The average Bonchev–Trinajstić information content (AvgIpc) is 1.00. The molecule has 0 aromatic heterocycles. The minimum absolute atomic E-state index is 0. The van der Waals surface area contributed by atoms with Crippen molar-refractivity contribution in [1.82, 2.24) is 0 Å². The molecular weight excluding hydrogens is 80.2 g/mol. The molecule has 0 N–H and O–H groups in total. The summed E-state index contributed by atoms with van der Waals surface area (Å²) in [7, 11) is 4.78. The zero-order valence-electron chi connectivity index (χ0n) is 1.38. The van der Waals surface area contributed by atoms with E-state index in [0.717, 1.165) is 15.4 Å². The third-order valence-corrected chi connectivity index (χ3v) is 0. The van der Waals surface area contributed by atoms with Gasteiger partial charge in [-0.25, -0.2) is 0 Å². The first-order chi connectivity index (χ1) is 1.00. The fraction of sp³-hybridized carbons (Fsp3) is 0. The number of rotatable bonds is 0. The molecule has 0 aliphatic carbocycles. The van der Waals surface area contributed by atoms with Crippen molar-refractivity contribution in [2.75, 3.05) is 0 Å². The van der Waals surface area contributed by atoms with E-state index in [4.69, 9.17) is 10.0 Å². The summed E-state index contributed by atoms with van der Waals surface area (Å²) in [5.41, 5.74) is 0. The molecule has 0 aromatic rings. The topological polar surface area (TPSA) is 0 Å². The molecule has 0 saturated carbocycles. The SMILES string of the molecule is B.[AlH2][Cl].[LiH]. The van der Waals surface area contributed by atoms with Gasteiger partial charge in [-0.2, -0.15) is 0 Å². The second-order valence-corrected chi connectivity index (χ2v) is 0. The van der Waals surface area contributed by atoms with Crippen molar-refractivity contribution < 1.29 is 0 Å². The van der Waals surface area contributed by atoms with Crippen LogP contribution in [-0.2, 0) is 0 Å². The van der Waals surface area contributed by atoms with E-state index in [1.165, 1.54) is 0 Å². The maximum absolute atomic E-state index is 4.78. The third-order valence-electron chi connectivity index (χ3n) is 0. The normalized spacial score (nSPS) is 1.25. The number of hydrogen-bond donors (Lipinski definition) is 0. The average molecular weight is 86.2 g/mol. The van der Waals surface area contributed by atoms with Gasteiger partial charge in [0.15, 0.2) is 0 Å². The molecule has 0 radical (unpaired) electrons. The summed E-state index contributed by atoms with van der Waals surface area (Å²) in [5, 5.41) is 0. The van der Waals surface area contributed by atoms with Crippen LogP contribution < -0.4 is 0 Å². The van der Waals surface area contributed by atoms with Crippen LogP contribution in [-0.4, -0.2) is 42.6 Å². The van der Waals surface area contributed by atoms with Gasteiger partial charge in [-0.15, -0.1) is 0 Å². The van der Waals surface area contributed by atoms with Gasteiger partial charge in [0.1, 0.15) is 0 Å². The quantitative estimate of drug-likeness (QED) is 0.297. The molecule has 20 valence electrons. The second-order valence-electron chi connectivity index (χ2n) is 0. The first-order valence-electron chi connectivity index (χ1n) is 0.378. The van der Waals surface area contributed by atoms with Gasteiger partial charge in [0.2, 0.25) is 0 Å². The van der Waals surface area contributed by atoms with E-state index in [1.807, 2.05) is 0 Å². The Morgan fingerprint density at radius 3 is 1.25 bits per heavy atom. The summed E-state index contributed by atoms with van der Waals surface area (Å²) in [4.78, 5) is 0. The molecule has 0 fully saturated rings. The van der Waals surface area contributed by atoms with Gasteiger partial charge in [0, 0.05) is 0 Å². The Morgan fingerprint density at radius 2 is 1.25 bits per heavy atom. The molecule has 0 aliphatic heterocycles. The van der Waals surface area contributed by atoms with Crippen LogP contribution in [0, 0.1) is 0 Å². The maximum atomic E-state index is 4.78. The van der Waals surface area contributed by atoms with Crippen molar-refractivity contribution in [3.05, 3.63) is 0 Å². The van der Waals surface area contributed by atoms with Crippen molar-refractivity contribution in [3.63, 3.8) is 0 Å². The number of halogens is 1. The first kappa shape index (κ1) is 17.9. The fourth-order valence-corrected chi connectivity index (χ4v) is 0. The Labute approximate surface area is 52.7 Å². The molecule has 0 spiro atoms. The van der Waals surface area contributed by atoms with Crippen LogP contribution in [0.25, 0.3) is 0 Å². The monoisotopic (exact) mass is 86.0 g/mol.